The van der Waals surface area contributed by atoms with Gasteiger partial charge in [-0.25, -0.2) is 0 Å². The number of aryl methyl sites for hydroxylation is 1. The fourth-order valence-electron chi connectivity index (χ4n) is 3.15. The van der Waals surface area contributed by atoms with Crippen LogP contribution in [0, 0.1) is 5.92 Å². The molecule has 2 amide bonds. The Morgan fingerprint density at radius 1 is 1.41 bits per heavy atom. The number of hydrogen-bond acceptors (Lipinski definition) is 4. The molecule has 1 aliphatic heterocycles. The van der Waals surface area contributed by atoms with Crippen LogP contribution in [0.3, 0.4) is 0 Å². The molecule has 1 aromatic rings. The van der Waals surface area contributed by atoms with Gasteiger partial charge in [0.25, 0.3) is 0 Å². The van der Waals surface area contributed by atoms with Crippen LogP contribution in [0.25, 0.3) is 0 Å². The van der Waals surface area contributed by atoms with E-state index in [1.54, 1.807) is 27.5 Å². The molecule has 1 saturated carbocycles. The third kappa shape index (κ3) is 3.14. The van der Waals surface area contributed by atoms with E-state index in [0.717, 1.165) is 31.4 Å². The van der Waals surface area contributed by atoms with Crippen molar-refractivity contribution >= 4 is 23.6 Å². The second-order valence-corrected chi connectivity index (χ2v) is 6.97. The Kier molecular flexibility index (Phi) is 4.71. The van der Waals surface area contributed by atoms with E-state index in [1.807, 2.05) is 13.1 Å². The van der Waals surface area contributed by atoms with Crippen molar-refractivity contribution in [2.45, 2.75) is 38.3 Å². The van der Waals surface area contributed by atoms with E-state index in [4.69, 9.17) is 0 Å². The van der Waals surface area contributed by atoms with Crippen molar-refractivity contribution in [1.82, 2.24) is 20.0 Å². The molecule has 1 atom stereocenters. The topological polar surface area (TPSA) is 67.2 Å². The first-order valence-corrected chi connectivity index (χ1v) is 8.95. The van der Waals surface area contributed by atoms with E-state index in [-0.39, 0.29) is 23.8 Å². The number of rotatable bonds is 4. The summed E-state index contributed by atoms with van der Waals surface area (Å²) in [4.78, 5) is 26.8. The van der Waals surface area contributed by atoms with Gasteiger partial charge in [0.1, 0.15) is 6.04 Å². The smallest absolute Gasteiger partial charge is 0.244 e. The van der Waals surface area contributed by atoms with Crippen LogP contribution in [0.2, 0.25) is 0 Å². The molecule has 0 spiro atoms. The van der Waals surface area contributed by atoms with Crippen molar-refractivity contribution in [3.05, 3.63) is 18.0 Å². The summed E-state index contributed by atoms with van der Waals surface area (Å²) in [6.07, 6.45) is 5.93. The summed E-state index contributed by atoms with van der Waals surface area (Å²) in [5.74, 6) is 1.57. The summed E-state index contributed by atoms with van der Waals surface area (Å²) < 4.78 is 1.74. The largest absolute Gasteiger partial charge is 0.349 e. The van der Waals surface area contributed by atoms with Gasteiger partial charge in [0, 0.05) is 24.9 Å². The monoisotopic (exact) mass is 322 g/mol. The first-order chi connectivity index (χ1) is 10.7. The number of carbonyl (C=O) groups excluding carboxylic acids is 2. The highest BCUT2D eigenvalue weighted by Crippen LogP contribution is 2.30. The molecule has 3 rings (SSSR count). The third-order valence-electron chi connectivity index (χ3n) is 4.54. The first kappa shape index (κ1) is 15.4. The van der Waals surface area contributed by atoms with Gasteiger partial charge in [-0.2, -0.15) is 5.10 Å². The quantitative estimate of drug-likeness (QED) is 0.902. The Morgan fingerprint density at radius 3 is 2.86 bits per heavy atom. The molecule has 0 bridgehead atoms. The number of carbonyl (C=O) groups is 2. The van der Waals surface area contributed by atoms with Crippen molar-refractivity contribution in [1.29, 1.82) is 0 Å². The van der Waals surface area contributed by atoms with Crippen LogP contribution < -0.4 is 5.32 Å². The molecule has 7 heteroatoms. The lowest BCUT2D eigenvalue weighted by molar-refractivity contribution is -0.141. The maximum atomic E-state index is 12.6. The summed E-state index contributed by atoms with van der Waals surface area (Å²) in [5, 5.41) is 7.02. The van der Waals surface area contributed by atoms with Gasteiger partial charge in [0.2, 0.25) is 11.8 Å². The summed E-state index contributed by atoms with van der Waals surface area (Å²) in [6.45, 7) is 0.446. The van der Waals surface area contributed by atoms with Crippen LogP contribution >= 0.6 is 11.8 Å². The average Bonchev–Trinajstić information content (AvgIpc) is 3.25. The summed E-state index contributed by atoms with van der Waals surface area (Å²) in [6, 6.07) is 1.55. The van der Waals surface area contributed by atoms with E-state index < -0.39 is 0 Å². The maximum Gasteiger partial charge on any atom is 0.244 e. The maximum absolute atomic E-state index is 12.6. The Balaban J connectivity index is 1.58. The molecule has 1 aliphatic carbocycles. The van der Waals surface area contributed by atoms with E-state index in [1.165, 1.54) is 0 Å². The molecule has 2 heterocycles. The Labute approximate surface area is 134 Å². The van der Waals surface area contributed by atoms with Crippen LogP contribution in [0.15, 0.2) is 12.3 Å². The van der Waals surface area contributed by atoms with Gasteiger partial charge in [-0.15, -0.1) is 11.8 Å². The predicted octanol–water partition coefficient (Wildman–Crippen LogP) is 1.13. The van der Waals surface area contributed by atoms with Crippen molar-refractivity contribution in [2.75, 3.05) is 11.6 Å². The van der Waals surface area contributed by atoms with Crippen molar-refractivity contribution < 1.29 is 9.59 Å². The fourth-order valence-corrected chi connectivity index (χ4v) is 4.32. The number of aromatic nitrogens is 2. The van der Waals surface area contributed by atoms with E-state index in [0.29, 0.717) is 18.2 Å². The average molecular weight is 322 g/mol. The van der Waals surface area contributed by atoms with E-state index in [9.17, 15) is 9.59 Å². The van der Waals surface area contributed by atoms with Crippen molar-refractivity contribution in [3.63, 3.8) is 0 Å². The summed E-state index contributed by atoms with van der Waals surface area (Å²) >= 11 is 1.66. The highest BCUT2D eigenvalue weighted by Gasteiger charge is 2.38. The molecule has 1 aromatic heterocycles. The number of nitrogens with one attached hydrogen (secondary N) is 1. The standard InChI is InChI=1S/C15H22N4O2S/c1-18-12(6-7-17-18)8-16-14(20)13-9-22-10-19(13)15(21)11-4-2-3-5-11/h6-7,11,13H,2-5,8-10H2,1H3,(H,16,20)/t13-/m1/s1. The second-order valence-electron chi connectivity index (χ2n) is 5.97. The first-order valence-electron chi connectivity index (χ1n) is 7.79. The van der Waals surface area contributed by atoms with Gasteiger partial charge in [-0.1, -0.05) is 12.8 Å². The summed E-state index contributed by atoms with van der Waals surface area (Å²) in [5.41, 5.74) is 0.952. The van der Waals surface area contributed by atoms with Crippen LogP contribution in [0.5, 0.6) is 0 Å². The zero-order valence-corrected chi connectivity index (χ0v) is 13.6. The molecule has 2 aliphatic rings. The highest BCUT2D eigenvalue weighted by atomic mass is 32.2. The molecule has 1 saturated heterocycles. The Hall–Kier alpha value is -1.50. The molecular weight excluding hydrogens is 300 g/mol. The highest BCUT2D eigenvalue weighted by molar-refractivity contribution is 7.99. The normalized spacial score (nSPS) is 22.2. The molecule has 120 valence electrons. The minimum Gasteiger partial charge on any atom is -0.349 e. The number of hydrogen-bond donors (Lipinski definition) is 1. The Bertz CT molecular complexity index is 553. The van der Waals surface area contributed by atoms with Gasteiger partial charge in [0.15, 0.2) is 0 Å². The van der Waals surface area contributed by atoms with Crippen molar-refractivity contribution in [2.24, 2.45) is 13.0 Å². The summed E-state index contributed by atoms with van der Waals surface area (Å²) in [7, 11) is 1.85. The molecule has 0 radical (unpaired) electrons. The van der Waals surface area contributed by atoms with Gasteiger partial charge < -0.3 is 10.2 Å². The molecule has 1 N–H and O–H groups in total. The van der Waals surface area contributed by atoms with Crippen LogP contribution in [0.4, 0.5) is 0 Å². The number of nitrogens with zero attached hydrogens (tertiary/aromatic N) is 3. The third-order valence-corrected chi connectivity index (χ3v) is 5.55. The minimum absolute atomic E-state index is 0.0578. The van der Waals surface area contributed by atoms with Gasteiger partial charge >= 0.3 is 0 Å². The number of thioether (sulfide) groups is 1. The molecule has 0 aromatic carbocycles. The Morgan fingerprint density at radius 2 is 2.18 bits per heavy atom. The molecular formula is C15H22N4O2S. The van der Waals surface area contributed by atoms with Gasteiger partial charge in [0.05, 0.1) is 18.1 Å². The van der Waals surface area contributed by atoms with E-state index in [2.05, 4.69) is 10.4 Å². The lowest BCUT2D eigenvalue weighted by Gasteiger charge is -2.25. The van der Waals surface area contributed by atoms with Crippen LogP contribution in [0.1, 0.15) is 31.4 Å². The zero-order chi connectivity index (χ0) is 15.5. The van der Waals surface area contributed by atoms with Gasteiger partial charge in [-0.05, 0) is 18.9 Å². The second kappa shape index (κ2) is 6.73. The molecule has 0 unspecified atom stereocenters. The molecule has 22 heavy (non-hydrogen) atoms. The van der Waals surface area contributed by atoms with E-state index >= 15 is 0 Å². The fraction of sp³-hybridized carbons (Fsp3) is 0.667. The molecule has 2 fully saturated rings. The zero-order valence-electron chi connectivity index (χ0n) is 12.8. The minimum atomic E-state index is -0.327. The van der Waals surface area contributed by atoms with Crippen LogP contribution in [-0.2, 0) is 23.2 Å². The lowest BCUT2D eigenvalue weighted by Crippen LogP contribution is -2.48. The predicted molar refractivity (Wildman–Crippen MR) is 85.0 cm³/mol. The molecule has 6 nitrogen and oxygen atoms in total. The lowest BCUT2D eigenvalue weighted by atomic mass is 10.1. The van der Waals surface area contributed by atoms with Gasteiger partial charge in [-0.3, -0.25) is 14.3 Å². The number of amides is 2. The SMILES string of the molecule is Cn1nccc1CNC(=O)[C@H]1CSCN1C(=O)C1CCCC1. The van der Waals surface area contributed by atoms with Crippen molar-refractivity contribution in [3.8, 4) is 0 Å². The van der Waals surface area contributed by atoms with Crippen LogP contribution in [-0.4, -0.2) is 44.2 Å².